The Morgan fingerprint density at radius 2 is 1.96 bits per heavy atom. The van der Waals surface area contributed by atoms with Crippen molar-refractivity contribution >= 4 is 11.7 Å². The summed E-state index contributed by atoms with van der Waals surface area (Å²) in [5, 5.41) is 3.04. The zero-order chi connectivity index (χ0) is 18.1. The van der Waals surface area contributed by atoms with Crippen molar-refractivity contribution in [2.45, 2.75) is 19.6 Å². The zero-order valence-electron chi connectivity index (χ0n) is 14.4. The quantitative estimate of drug-likeness (QED) is 0.758. The van der Waals surface area contributed by atoms with Crippen LogP contribution in [-0.2, 0) is 6.61 Å². The van der Waals surface area contributed by atoms with Crippen LogP contribution in [0.1, 0.15) is 34.5 Å². The van der Waals surface area contributed by atoms with Crippen molar-refractivity contribution in [2.75, 3.05) is 5.73 Å². The highest BCUT2D eigenvalue weighted by molar-refractivity contribution is 5.95. The molecule has 0 aliphatic carbocycles. The van der Waals surface area contributed by atoms with Crippen LogP contribution in [0.3, 0.4) is 0 Å². The van der Waals surface area contributed by atoms with Crippen LogP contribution in [0.5, 0.6) is 5.75 Å². The highest BCUT2D eigenvalue weighted by Gasteiger charge is 2.20. The molecule has 1 aliphatic rings. The number of amides is 1. The summed E-state index contributed by atoms with van der Waals surface area (Å²) >= 11 is 0. The van der Waals surface area contributed by atoms with E-state index in [0.717, 1.165) is 22.3 Å². The van der Waals surface area contributed by atoms with Gasteiger partial charge < -0.3 is 15.8 Å². The predicted octanol–water partition coefficient (Wildman–Crippen LogP) is 3.71. The molecule has 1 atom stereocenters. The third-order valence-corrected chi connectivity index (χ3v) is 4.58. The molecule has 2 heterocycles. The number of fused-ring (bicyclic) bond motifs is 3. The smallest absolute Gasteiger partial charge is 0.251 e. The summed E-state index contributed by atoms with van der Waals surface area (Å²) in [6.45, 7) is 2.38. The van der Waals surface area contributed by atoms with Crippen molar-refractivity contribution in [3.63, 3.8) is 0 Å². The fourth-order valence-electron chi connectivity index (χ4n) is 3.16. The number of hydrogen-bond acceptors (Lipinski definition) is 4. The second-order valence-electron chi connectivity index (χ2n) is 6.37. The summed E-state index contributed by atoms with van der Waals surface area (Å²) in [5.41, 5.74) is 10.4. The third kappa shape index (κ3) is 2.99. The maximum Gasteiger partial charge on any atom is 0.251 e. The summed E-state index contributed by atoms with van der Waals surface area (Å²) in [7, 11) is 0. The van der Waals surface area contributed by atoms with Crippen molar-refractivity contribution < 1.29 is 9.53 Å². The molecule has 5 heteroatoms. The Labute approximate surface area is 151 Å². The largest absolute Gasteiger partial charge is 0.487 e. The van der Waals surface area contributed by atoms with E-state index in [1.165, 1.54) is 0 Å². The molecule has 0 unspecified atom stereocenters. The number of carbonyl (C=O) groups excluding carboxylic acids is 1. The molecule has 2 aromatic carbocycles. The third-order valence-electron chi connectivity index (χ3n) is 4.58. The Morgan fingerprint density at radius 3 is 2.77 bits per heavy atom. The minimum atomic E-state index is -0.107. The first kappa shape index (κ1) is 16.1. The highest BCUT2D eigenvalue weighted by Crippen LogP contribution is 2.38. The van der Waals surface area contributed by atoms with Crippen LogP contribution in [-0.4, -0.2) is 10.9 Å². The van der Waals surface area contributed by atoms with Crippen LogP contribution < -0.4 is 15.8 Å². The Kier molecular flexibility index (Phi) is 4.05. The van der Waals surface area contributed by atoms with Crippen LogP contribution in [0.15, 0.2) is 60.8 Å². The first-order valence-corrected chi connectivity index (χ1v) is 8.49. The average molecular weight is 345 g/mol. The number of nitrogen functional groups attached to an aromatic ring is 1. The molecule has 0 saturated carbocycles. The number of hydrogen-bond donors (Lipinski definition) is 2. The van der Waals surface area contributed by atoms with Gasteiger partial charge in [0.2, 0.25) is 0 Å². The molecule has 26 heavy (non-hydrogen) atoms. The summed E-state index contributed by atoms with van der Waals surface area (Å²) in [6.07, 6.45) is 1.63. The van der Waals surface area contributed by atoms with Crippen LogP contribution in [0.4, 0.5) is 5.82 Å². The normalized spacial score (nSPS) is 13.1. The van der Waals surface area contributed by atoms with Gasteiger partial charge in [0.05, 0.1) is 12.2 Å². The molecule has 0 fully saturated rings. The molecule has 1 amide bonds. The number of nitrogens with one attached hydrogen (secondary N) is 1. The molecule has 0 radical (unpaired) electrons. The number of nitrogens with zero attached hydrogens (tertiary/aromatic N) is 1. The fraction of sp³-hybridized carbons (Fsp3) is 0.143. The number of benzene rings is 2. The van der Waals surface area contributed by atoms with Crippen molar-refractivity contribution in [3.8, 4) is 16.9 Å². The number of nitrogens with two attached hydrogens (primary N) is 1. The van der Waals surface area contributed by atoms with E-state index >= 15 is 0 Å². The van der Waals surface area contributed by atoms with Crippen molar-refractivity contribution in [1.29, 1.82) is 0 Å². The van der Waals surface area contributed by atoms with E-state index in [0.29, 0.717) is 23.7 Å². The minimum Gasteiger partial charge on any atom is -0.487 e. The van der Waals surface area contributed by atoms with E-state index in [9.17, 15) is 4.79 Å². The molecule has 4 rings (SSSR count). The van der Waals surface area contributed by atoms with E-state index < -0.39 is 0 Å². The number of rotatable bonds is 3. The van der Waals surface area contributed by atoms with Crippen molar-refractivity contribution in [2.24, 2.45) is 0 Å². The molecule has 1 aromatic heterocycles. The lowest BCUT2D eigenvalue weighted by Gasteiger charge is -2.21. The molecule has 1 aliphatic heterocycles. The Bertz CT molecular complexity index is 970. The van der Waals surface area contributed by atoms with Gasteiger partial charge in [0, 0.05) is 11.1 Å². The van der Waals surface area contributed by atoms with E-state index in [4.69, 9.17) is 10.5 Å². The summed E-state index contributed by atoms with van der Waals surface area (Å²) in [5.74, 6) is 1.05. The molecule has 3 N–H and O–H groups in total. The lowest BCUT2D eigenvalue weighted by atomic mass is 9.95. The van der Waals surface area contributed by atoms with Crippen LogP contribution in [0.25, 0.3) is 11.1 Å². The number of carbonyl (C=O) groups is 1. The molecule has 0 bridgehead atoms. The Morgan fingerprint density at radius 1 is 1.15 bits per heavy atom. The molecule has 5 nitrogen and oxygen atoms in total. The van der Waals surface area contributed by atoms with Crippen LogP contribution in [0, 0.1) is 0 Å². The van der Waals surface area contributed by atoms with E-state index in [1.54, 1.807) is 12.3 Å². The lowest BCUT2D eigenvalue weighted by molar-refractivity contribution is 0.0939. The molecule has 0 saturated heterocycles. The van der Waals surface area contributed by atoms with Gasteiger partial charge in [-0.05, 0) is 41.8 Å². The fourth-order valence-corrected chi connectivity index (χ4v) is 3.16. The maximum atomic E-state index is 12.6. The first-order valence-electron chi connectivity index (χ1n) is 8.49. The molecule has 3 aromatic rings. The van der Waals surface area contributed by atoms with E-state index in [2.05, 4.69) is 10.3 Å². The summed E-state index contributed by atoms with van der Waals surface area (Å²) in [4.78, 5) is 16.7. The summed E-state index contributed by atoms with van der Waals surface area (Å²) in [6, 6.07) is 17.3. The zero-order valence-corrected chi connectivity index (χ0v) is 14.4. The highest BCUT2D eigenvalue weighted by atomic mass is 16.5. The monoisotopic (exact) mass is 345 g/mol. The number of anilines is 1. The minimum absolute atomic E-state index is 0.0671. The van der Waals surface area contributed by atoms with Gasteiger partial charge in [-0.1, -0.05) is 36.4 Å². The van der Waals surface area contributed by atoms with Gasteiger partial charge in [0.1, 0.15) is 18.2 Å². The van der Waals surface area contributed by atoms with Crippen molar-refractivity contribution in [1.82, 2.24) is 10.3 Å². The molecular weight excluding hydrogens is 326 g/mol. The average Bonchev–Trinajstić information content (AvgIpc) is 2.68. The maximum absolute atomic E-state index is 12.6. The summed E-state index contributed by atoms with van der Waals surface area (Å²) < 4.78 is 5.74. The van der Waals surface area contributed by atoms with Gasteiger partial charge in [0.25, 0.3) is 5.91 Å². The number of pyridine rings is 1. The molecule has 130 valence electrons. The van der Waals surface area contributed by atoms with Crippen LogP contribution in [0.2, 0.25) is 0 Å². The van der Waals surface area contributed by atoms with Gasteiger partial charge in [-0.25, -0.2) is 4.98 Å². The van der Waals surface area contributed by atoms with Gasteiger partial charge in [-0.3, -0.25) is 4.79 Å². The standard InChI is InChI=1S/C21H19N3O2/c1-13(14-5-3-2-4-6-14)24-21(25)15-7-8-17-16(9-15)12-26-19-11-23-20(22)10-18(17)19/h2-11,13H,12H2,1H3,(H2,22,23)(H,24,25)/t13-/m1/s1. The lowest BCUT2D eigenvalue weighted by Crippen LogP contribution is -2.26. The van der Waals surface area contributed by atoms with E-state index in [-0.39, 0.29) is 11.9 Å². The molecule has 0 spiro atoms. The molecular formula is C21H19N3O2. The Hall–Kier alpha value is -3.34. The Balaban J connectivity index is 1.59. The SMILES string of the molecule is C[C@@H](NC(=O)c1ccc2c(c1)COc1cnc(N)cc1-2)c1ccccc1. The van der Waals surface area contributed by atoms with Crippen molar-refractivity contribution in [3.05, 3.63) is 77.5 Å². The topological polar surface area (TPSA) is 77.2 Å². The van der Waals surface area contributed by atoms with Gasteiger partial charge >= 0.3 is 0 Å². The number of aromatic nitrogens is 1. The second-order valence-corrected chi connectivity index (χ2v) is 6.37. The van der Waals surface area contributed by atoms with Gasteiger partial charge in [-0.2, -0.15) is 0 Å². The predicted molar refractivity (Wildman–Crippen MR) is 101 cm³/mol. The van der Waals surface area contributed by atoms with Gasteiger partial charge in [0.15, 0.2) is 0 Å². The first-order chi connectivity index (χ1) is 12.6. The van der Waals surface area contributed by atoms with Gasteiger partial charge in [-0.15, -0.1) is 0 Å². The van der Waals surface area contributed by atoms with Crippen LogP contribution >= 0.6 is 0 Å². The second kappa shape index (κ2) is 6.52. The van der Waals surface area contributed by atoms with E-state index in [1.807, 2.05) is 55.5 Å². The number of ether oxygens (including phenoxy) is 1.